The maximum Gasteiger partial charge on any atom is 1.00 e. The molecule has 0 aliphatic rings. The molecule has 0 aliphatic carbocycles. The van der Waals surface area contributed by atoms with Crippen LogP contribution in [0.2, 0.25) is 0 Å². The van der Waals surface area contributed by atoms with Gasteiger partial charge in [0, 0.05) is 16.4 Å². The van der Waals surface area contributed by atoms with Crippen LogP contribution in [0.4, 0.5) is 0 Å². The molecule has 0 radical (unpaired) electrons. The van der Waals surface area contributed by atoms with E-state index < -0.39 is 10.1 Å². The minimum Gasteiger partial charge on any atom is -0.748 e. The second-order valence-electron chi connectivity index (χ2n) is 3.26. The van der Waals surface area contributed by atoms with E-state index in [1.807, 2.05) is 0 Å². The van der Waals surface area contributed by atoms with Crippen LogP contribution >= 0.6 is 31.9 Å². The van der Waals surface area contributed by atoms with Crippen LogP contribution in [0.15, 0.2) is 21.3 Å². The molecule has 0 saturated heterocycles. The molecule has 0 spiro atoms. The summed E-state index contributed by atoms with van der Waals surface area (Å²) in [5, 5.41) is 0. The van der Waals surface area contributed by atoms with E-state index in [-0.39, 0.29) is 35.3 Å². The van der Waals surface area contributed by atoms with Gasteiger partial charge in [0.1, 0.15) is 4.60 Å². The first kappa shape index (κ1) is 18.8. The number of unbranched alkanes of at least 4 members (excludes halogenated alkanes) is 1. The van der Waals surface area contributed by atoms with Gasteiger partial charge in [-0.25, -0.2) is 13.4 Å². The quantitative estimate of drug-likeness (QED) is 0.268. The molecule has 0 atom stereocenters. The first-order chi connectivity index (χ1) is 7.88. The molecule has 0 N–H and O–H groups in total. The fourth-order valence-electron chi connectivity index (χ4n) is 1.07. The van der Waals surface area contributed by atoms with Gasteiger partial charge in [0.15, 0.2) is 5.75 Å². The topological polar surface area (TPSA) is 79.3 Å². The Balaban J connectivity index is 0.00000289. The smallest absolute Gasteiger partial charge is 0.748 e. The molecular formula is C9H10Br2NNaO4S. The maximum absolute atomic E-state index is 10.3. The number of halogens is 2. The van der Waals surface area contributed by atoms with E-state index in [0.29, 0.717) is 29.8 Å². The molecular weight excluding hydrogens is 401 g/mol. The van der Waals surface area contributed by atoms with Gasteiger partial charge in [0.25, 0.3) is 0 Å². The minimum absolute atomic E-state index is 0. The normalized spacial score (nSPS) is 10.8. The summed E-state index contributed by atoms with van der Waals surface area (Å²) in [6, 6.07) is 1.75. The molecule has 1 heterocycles. The Morgan fingerprint density at radius 1 is 1.33 bits per heavy atom. The van der Waals surface area contributed by atoms with Crippen LogP contribution in [0.25, 0.3) is 0 Å². The Morgan fingerprint density at radius 2 is 2.00 bits per heavy atom. The molecule has 0 unspecified atom stereocenters. The molecule has 1 rings (SSSR count). The van der Waals surface area contributed by atoms with Crippen molar-refractivity contribution in [3.63, 3.8) is 0 Å². The van der Waals surface area contributed by atoms with Crippen LogP contribution in [0.1, 0.15) is 12.8 Å². The number of ether oxygens (including phenoxy) is 1. The molecule has 18 heavy (non-hydrogen) atoms. The van der Waals surface area contributed by atoms with Crippen molar-refractivity contribution in [2.24, 2.45) is 0 Å². The van der Waals surface area contributed by atoms with Gasteiger partial charge in [-0.05, 0) is 50.8 Å². The van der Waals surface area contributed by atoms with Crippen LogP contribution in [0.3, 0.4) is 0 Å². The van der Waals surface area contributed by atoms with Crippen LogP contribution in [-0.2, 0) is 10.1 Å². The number of pyridine rings is 1. The first-order valence-corrected chi connectivity index (χ1v) is 7.92. The third-order valence-corrected chi connectivity index (χ3v) is 3.64. The number of rotatable bonds is 6. The summed E-state index contributed by atoms with van der Waals surface area (Å²) < 4.78 is 37.8. The van der Waals surface area contributed by atoms with E-state index in [4.69, 9.17) is 4.74 Å². The van der Waals surface area contributed by atoms with Crippen molar-refractivity contribution >= 4 is 42.0 Å². The second-order valence-corrected chi connectivity index (χ2v) is 6.45. The number of hydrogen-bond acceptors (Lipinski definition) is 5. The summed E-state index contributed by atoms with van der Waals surface area (Å²) in [4.78, 5) is 4.02. The van der Waals surface area contributed by atoms with Gasteiger partial charge in [-0.15, -0.1) is 0 Å². The summed E-state index contributed by atoms with van der Waals surface area (Å²) in [6.45, 7) is 0.340. The molecule has 5 nitrogen and oxygen atoms in total. The predicted molar refractivity (Wildman–Crippen MR) is 68.9 cm³/mol. The third-order valence-electron chi connectivity index (χ3n) is 1.82. The van der Waals surface area contributed by atoms with E-state index in [0.717, 1.165) is 4.47 Å². The van der Waals surface area contributed by atoms with Gasteiger partial charge in [-0.3, -0.25) is 0 Å². The van der Waals surface area contributed by atoms with Crippen molar-refractivity contribution in [2.45, 2.75) is 12.8 Å². The second kappa shape index (κ2) is 8.89. The van der Waals surface area contributed by atoms with Crippen LogP contribution in [0.5, 0.6) is 5.75 Å². The van der Waals surface area contributed by atoms with Gasteiger partial charge in [-0.1, -0.05) is 0 Å². The summed E-state index contributed by atoms with van der Waals surface area (Å²) >= 11 is 6.49. The zero-order valence-electron chi connectivity index (χ0n) is 9.73. The Hall–Kier alpha value is 0.820. The van der Waals surface area contributed by atoms with Crippen molar-refractivity contribution < 1.29 is 47.3 Å². The zero-order valence-corrected chi connectivity index (χ0v) is 15.7. The van der Waals surface area contributed by atoms with E-state index >= 15 is 0 Å². The van der Waals surface area contributed by atoms with Gasteiger partial charge >= 0.3 is 29.6 Å². The number of hydrogen-bond donors (Lipinski definition) is 0. The van der Waals surface area contributed by atoms with E-state index in [2.05, 4.69) is 36.8 Å². The fraction of sp³-hybridized carbons (Fsp3) is 0.444. The average Bonchev–Trinajstić information content (AvgIpc) is 2.21. The molecule has 9 heteroatoms. The average molecular weight is 411 g/mol. The van der Waals surface area contributed by atoms with Crippen molar-refractivity contribution in [3.8, 4) is 5.75 Å². The van der Waals surface area contributed by atoms with Crippen molar-refractivity contribution in [1.82, 2.24) is 4.98 Å². The van der Waals surface area contributed by atoms with E-state index in [9.17, 15) is 13.0 Å². The molecule has 0 fully saturated rings. The summed E-state index contributed by atoms with van der Waals surface area (Å²) in [6.07, 6.45) is 2.42. The van der Waals surface area contributed by atoms with Gasteiger partial charge in [0.05, 0.1) is 16.7 Å². The van der Waals surface area contributed by atoms with Crippen molar-refractivity contribution in [2.75, 3.05) is 12.4 Å². The summed E-state index contributed by atoms with van der Waals surface area (Å²) in [5.41, 5.74) is 0. The van der Waals surface area contributed by atoms with Gasteiger partial charge in [0.2, 0.25) is 0 Å². The zero-order chi connectivity index (χ0) is 12.9. The standard InChI is InChI=1S/C9H11Br2NO4S.Na/c10-7-5-8(9(11)12-6-7)16-3-1-2-4-17(13,14)15;/h5-6H,1-4H2,(H,13,14,15);/q;+1/p-1. The molecule has 0 aliphatic heterocycles. The van der Waals surface area contributed by atoms with Crippen LogP contribution < -0.4 is 34.3 Å². The molecule has 96 valence electrons. The molecule has 0 saturated carbocycles. The van der Waals surface area contributed by atoms with Gasteiger partial charge < -0.3 is 9.29 Å². The predicted octanol–water partition coefficient (Wildman–Crippen LogP) is -0.685. The molecule has 1 aromatic heterocycles. The van der Waals surface area contributed by atoms with E-state index in [1.165, 1.54) is 0 Å². The Morgan fingerprint density at radius 3 is 2.61 bits per heavy atom. The first-order valence-electron chi connectivity index (χ1n) is 4.76. The Labute approximate surface area is 145 Å². The summed E-state index contributed by atoms with van der Waals surface area (Å²) in [7, 11) is -4.12. The Kier molecular flexibility index (Phi) is 9.29. The monoisotopic (exact) mass is 409 g/mol. The van der Waals surface area contributed by atoms with Crippen LogP contribution in [-0.4, -0.2) is 30.3 Å². The number of aromatic nitrogens is 1. The molecule has 0 aromatic carbocycles. The summed E-state index contributed by atoms with van der Waals surface area (Å²) in [5.74, 6) is 0.221. The van der Waals surface area contributed by atoms with Gasteiger partial charge in [-0.2, -0.15) is 0 Å². The number of nitrogens with zero attached hydrogens (tertiary/aromatic N) is 1. The minimum atomic E-state index is -4.12. The molecule has 0 amide bonds. The maximum atomic E-state index is 10.3. The fourth-order valence-corrected chi connectivity index (χ4v) is 2.27. The Bertz CT molecular complexity index is 483. The largest absolute Gasteiger partial charge is 1.00 e. The third kappa shape index (κ3) is 8.08. The molecule has 1 aromatic rings. The SMILES string of the molecule is O=S(=O)([O-])CCCCOc1cc(Br)cnc1Br.[Na+]. The molecule has 0 bridgehead atoms. The van der Waals surface area contributed by atoms with Crippen LogP contribution in [0, 0.1) is 0 Å². The van der Waals surface area contributed by atoms with Crippen molar-refractivity contribution in [1.29, 1.82) is 0 Å². The van der Waals surface area contributed by atoms with Crippen molar-refractivity contribution in [3.05, 3.63) is 21.3 Å². The van der Waals surface area contributed by atoms with E-state index in [1.54, 1.807) is 12.3 Å².